The molecule has 4 rings (SSSR count). The van der Waals surface area contributed by atoms with Gasteiger partial charge in [0.1, 0.15) is 5.75 Å². The van der Waals surface area contributed by atoms with Crippen molar-refractivity contribution in [3.05, 3.63) is 59.2 Å². The van der Waals surface area contributed by atoms with Crippen molar-refractivity contribution in [2.75, 3.05) is 32.8 Å². The van der Waals surface area contributed by atoms with Crippen LogP contribution in [0.2, 0.25) is 0 Å². The van der Waals surface area contributed by atoms with Crippen LogP contribution >= 0.6 is 0 Å². The molecule has 0 N–H and O–H groups in total. The number of hydrogen-bond donors (Lipinski definition) is 0. The number of ketones is 1. The zero-order valence-electron chi connectivity index (χ0n) is 15.9. The number of rotatable bonds is 5. The quantitative estimate of drug-likeness (QED) is 0.721. The predicted octanol–water partition coefficient (Wildman–Crippen LogP) is 2.33. The van der Waals surface area contributed by atoms with Crippen molar-refractivity contribution in [1.82, 2.24) is 9.21 Å². The number of sulfonamides is 1. The molecule has 6 nitrogen and oxygen atoms in total. The van der Waals surface area contributed by atoms with Gasteiger partial charge in [0, 0.05) is 44.7 Å². The molecule has 148 valence electrons. The molecular formula is C21H24N2O4S. The number of nitrogens with zero attached hydrogens (tertiary/aromatic N) is 2. The Morgan fingerprint density at radius 1 is 1.04 bits per heavy atom. The van der Waals surface area contributed by atoms with Crippen LogP contribution < -0.4 is 4.74 Å². The van der Waals surface area contributed by atoms with Crippen molar-refractivity contribution in [2.45, 2.75) is 24.8 Å². The minimum Gasteiger partial charge on any atom is -0.493 e. The third kappa shape index (κ3) is 3.83. The number of piperazine rings is 1. The second kappa shape index (κ2) is 7.66. The Labute approximate surface area is 165 Å². The summed E-state index contributed by atoms with van der Waals surface area (Å²) in [5, 5.41) is 0. The van der Waals surface area contributed by atoms with Crippen molar-refractivity contribution in [1.29, 1.82) is 0 Å². The first-order valence-corrected chi connectivity index (χ1v) is 11.0. The van der Waals surface area contributed by atoms with Crippen LogP contribution in [0.25, 0.3) is 0 Å². The number of fused-ring (bicyclic) bond motifs is 1. The molecule has 0 amide bonds. The molecule has 0 unspecified atom stereocenters. The fourth-order valence-electron chi connectivity index (χ4n) is 3.74. The van der Waals surface area contributed by atoms with Gasteiger partial charge < -0.3 is 4.74 Å². The molecule has 0 radical (unpaired) electrons. The molecule has 2 aromatic rings. The molecule has 28 heavy (non-hydrogen) atoms. The molecule has 0 aliphatic carbocycles. The summed E-state index contributed by atoms with van der Waals surface area (Å²) in [6.45, 7) is 5.35. The highest BCUT2D eigenvalue weighted by Gasteiger charge is 2.28. The van der Waals surface area contributed by atoms with Crippen LogP contribution in [-0.2, 0) is 23.0 Å². The summed E-state index contributed by atoms with van der Waals surface area (Å²) < 4.78 is 32.8. The van der Waals surface area contributed by atoms with E-state index in [1.807, 2.05) is 6.07 Å². The van der Waals surface area contributed by atoms with E-state index in [1.54, 1.807) is 12.1 Å². The van der Waals surface area contributed by atoms with Crippen molar-refractivity contribution in [3.8, 4) is 5.75 Å². The summed E-state index contributed by atoms with van der Waals surface area (Å²) >= 11 is 0. The fourth-order valence-corrected chi connectivity index (χ4v) is 5.16. The SMILES string of the molecule is CC(=O)c1ccc(S(=O)(=O)N2CCN(Cc3ccc4c(c3)CCO4)CC2)cc1. The third-order valence-corrected chi connectivity index (χ3v) is 7.30. The molecule has 2 aromatic carbocycles. The fraction of sp³-hybridized carbons (Fsp3) is 0.381. The summed E-state index contributed by atoms with van der Waals surface area (Å²) in [4.78, 5) is 13.9. The second-order valence-electron chi connectivity index (χ2n) is 7.30. The van der Waals surface area contributed by atoms with Gasteiger partial charge >= 0.3 is 0 Å². The average molecular weight is 401 g/mol. The van der Waals surface area contributed by atoms with Crippen LogP contribution in [0.3, 0.4) is 0 Å². The van der Waals surface area contributed by atoms with Crippen LogP contribution in [0.5, 0.6) is 5.75 Å². The van der Waals surface area contributed by atoms with Gasteiger partial charge in [0.25, 0.3) is 0 Å². The maximum absolute atomic E-state index is 12.9. The summed E-state index contributed by atoms with van der Waals surface area (Å²) in [5.41, 5.74) is 3.01. The highest BCUT2D eigenvalue weighted by atomic mass is 32.2. The Kier molecular flexibility index (Phi) is 5.23. The number of carbonyl (C=O) groups is 1. The topological polar surface area (TPSA) is 66.9 Å². The number of ether oxygens (including phenoxy) is 1. The second-order valence-corrected chi connectivity index (χ2v) is 9.24. The largest absolute Gasteiger partial charge is 0.493 e. The Morgan fingerprint density at radius 3 is 2.43 bits per heavy atom. The molecule has 7 heteroatoms. The minimum atomic E-state index is -3.53. The van der Waals surface area contributed by atoms with Gasteiger partial charge in [-0.25, -0.2) is 8.42 Å². The van der Waals surface area contributed by atoms with Gasteiger partial charge in [0.05, 0.1) is 11.5 Å². The summed E-state index contributed by atoms with van der Waals surface area (Å²) in [7, 11) is -3.53. The maximum atomic E-state index is 12.9. The number of carbonyl (C=O) groups excluding carboxylic acids is 1. The van der Waals surface area contributed by atoms with Crippen molar-refractivity contribution >= 4 is 15.8 Å². The first kappa shape index (κ1) is 19.1. The van der Waals surface area contributed by atoms with Gasteiger partial charge in [0.15, 0.2) is 5.78 Å². The van der Waals surface area contributed by atoms with Crippen molar-refractivity contribution < 1.29 is 17.9 Å². The first-order chi connectivity index (χ1) is 13.4. The summed E-state index contributed by atoms with van der Waals surface area (Å²) in [6.07, 6.45) is 0.956. The van der Waals surface area contributed by atoms with Crippen LogP contribution in [-0.4, -0.2) is 56.2 Å². The average Bonchev–Trinajstić information content (AvgIpc) is 3.16. The minimum absolute atomic E-state index is 0.0734. The number of Topliss-reactive ketones (excluding diaryl/α,β-unsaturated/α-hetero) is 1. The molecule has 1 saturated heterocycles. The standard InChI is InChI=1S/C21H24N2O4S/c1-16(24)18-3-5-20(6-4-18)28(25,26)23-11-9-22(10-12-23)15-17-2-7-21-19(14-17)8-13-27-21/h2-7,14H,8-13,15H2,1H3. The molecule has 2 heterocycles. The zero-order chi connectivity index (χ0) is 19.7. The van der Waals surface area contributed by atoms with E-state index in [9.17, 15) is 13.2 Å². The molecule has 0 aromatic heterocycles. The van der Waals surface area contributed by atoms with Gasteiger partial charge in [-0.15, -0.1) is 0 Å². The molecule has 0 atom stereocenters. The molecule has 2 aliphatic rings. The van der Waals surface area contributed by atoms with E-state index in [-0.39, 0.29) is 10.7 Å². The van der Waals surface area contributed by atoms with Crippen LogP contribution in [0.1, 0.15) is 28.4 Å². The van der Waals surface area contributed by atoms with Crippen LogP contribution in [0, 0.1) is 0 Å². The van der Waals surface area contributed by atoms with Crippen molar-refractivity contribution in [2.24, 2.45) is 0 Å². The maximum Gasteiger partial charge on any atom is 0.243 e. The van der Waals surface area contributed by atoms with E-state index < -0.39 is 10.0 Å². The lowest BCUT2D eigenvalue weighted by atomic mass is 10.1. The predicted molar refractivity (Wildman–Crippen MR) is 106 cm³/mol. The molecule has 0 bridgehead atoms. The third-order valence-electron chi connectivity index (χ3n) is 5.39. The first-order valence-electron chi connectivity index (χ1n) is 9.51. The van der Waals surface area contributed by atoms with E-state index in [0.29, 0.717) is 31.7 Å². The van der Waals surface area contributed by atoms with Gasteiger partial charge in [-0.1, -0.05) is 24.3 Å². The lowest BCUT2D eigenvalue weighted by molar-refractivity contribution is 0.101. The van der Waals surface area contributed by atoms with E-state index in [0.717, 1.165) is 25.3 Å². The molecular weight excluding hydrogens is 376 g/mol. The molecule has 0 spiro atoms. The van der Waals surface area contributed by atoms with Gasteiger partial charge in [-0.05, 0) is 36.2 Å². The lowest BCUT2D eigenvalue weighted by Gasteiger charge is -2.34. The van der Waals surface area contributed by atoms with Crippen molar-refractivity contribution in [3.63, 3.8) is 0 Å². The van der Waals surface area contributed by atoms with Gasteiger partial charge in [-0.2, -0.15) is 4.31 Å². The van der Waals surface area contributed by atoms with Gasteiger partial charge in [0.2, 0.25) is 10.0 Å². The van der Waals surface area contributed by atoms with Crippen LogP contribution in [0.15, 0.2) is 47.4 Å². The van der Waals surface area contributed by atoms with E-state index >= 15 is 0 Å². The molecule has 1 fully saturated rings. The van der Waals surface area contributed by atoms with Gasteiger partial charge in [-0.3, -0.25) is 9.69 Å². The van der Waals surface area contributed by atoms with E-state index in [1.165, 1.54) is 34.5 Å². The van der Waals surface area contributed by atoms with E-state index in [2.05, 4.69) is 17.0 Å². The Bertz CT molecular complexity index is 978. The molecule has 2 aliphatic heterocycles. The van der Waals surface area contributed by atoms with E-state index in [4.69, 9.17) is 4.74 Å². The number of hydrogen-bond acceptors (Lipinski definition) is 5. The normalized spacial score (nSPS) is 17.9. The Morgan fingerprint density at radius 2 is 1.75 bits per heavy atom. The Hall–Kier alpha value is -2.22. The van der Waals surface area contributed by atoms with Crippen LogP contribution in [0.4, 0.5) is 0 Å². The zero-order valence-corrected chi connectivity index (χ0v) is 16.7. The summed E-state index contributed by atoms with van der Waals surface area (Å²) in [5.74, 6) is 0.908. The molecule has 0 saturated carbocycles. The Balaban J connectivity index is 1.38. The number of benzene rings is 2. The highest BCUT2D eigenvalue weighted by Crippen LogP contribution is 2.27. The summed E-state index contributed by atoms with van der Waals surface area (Å²) in [6, 6.07) is 12.5. The monoisotopic (exact) mass is 400 g/mol. The lowest BCUT2D eigenvalue weighted by Crippen LogP contribution is -2.48. The smallest absolute Gasteiger partial charge is 0.243 e. The highest BCUT2D eigenvalue weighted by molar-refractivity contribution is 7.89.